The zero-order valence-electron chi connectivity index (χ0n) is 6.95. The fourth-order valence-electron chi connectivity index (χ4n) is 1.22. The Hall–Kier alpha value is -1.18. The molecule has 1 aliphatic carbocycles. The van der Waals surface area contributed by atoms with Gasteiger partial charge >= 0.3 is 0 Å². The van der Waals surface area contributed by atoms with Crippen LogP contribution in [0.4, 0.5) is 0 Å². The minimum Gasteiger partial charge on any atom is -0.295 e. The van der Waals surface area contributed by atoms with Crippen LogP contribution in [0.15, 0.2) is 17.1 Å². The molecule has 1 aromatic heterocycles. The van der Waals surface area contributed by atoms with Crippen molar-refractivity contribution in [1.29, 1.82) is 0 Å². The average Bonchev–Trinajstić information content (AvgIpc) is 2.89. The molecule has 1 fully saturated rings. The molecule has 1 saturated carbocycles. The summed E-state index contributed by atoms with van der Waals surface area (Å²) < 4.78 is 0. The fraction of sp³-hybridized carbons (Fsp3) is 0.400. The van der Waals surface area contributed by atoms with Crippen LogP contribution >= 0.6 is 0 Å². The van der Waals surface area contributed by atoms with Crippen molar-refractivity contribution >= 4 is 6.72 Å². The molecule has 0 bridgehead atoms. The number of pyridine rings is 1. The van der Waals surface area contributed by atoms with Gasteiger partial charge in [0.05, 0.1) is 18.4 Å². The van der Waals surface area contributed by atoms with Gasteiger partial charge in [-0.1, -0.05) is 6.07 Å². The van der Waals surface area contributed by atoms with Crippen molar-refractivity contribution in [2.24, 2.45) is 4.99 Å². The summed E-state index contributed by atoms with van der Waals surface area (Å²) in [5.74, 6) is 0.739. The van der Waals surface area contributed by atoms with Crippen LogP contribution in [0.1, 0.15) is 30.0 Å². The van der Waals surface area contributed by atoms with Gasteiger partial charge in [0, 0.05) is 0 Å². The Kier molecular flexibility index (Phi) is 1.90. The van der Waals surface area contributed by atoms with Crippen molar-refractivity contribution in [1.82, 2.24) is 4.98 Å². The number of hydrogen-bond acceptors (Lipinski definition) is 2. The molecule has 0 aromatic carbocycles. The summed E-state index contributed by atoms with van der Waals surface area (Å²) in [5.41, 5.74) is 2.21. The summed E-state index contributed by atoms with van der Waals surface area (Å²) in [6, 6.07) is 4.12. The van der Waals surface area contributed by atoms with E-state index in [9.17, 15) is 0 Å². The van der Waals surface area contributed by atoms with Crippen LogP contribution in [0, 0.1) is 6.20 Å². The molecule has 2 rings (SSSR count). The molecule has 0 aliphatic heterocycles. The summed E-state index contributed by atoms with van der Waals surface area (Å²) in [4.78, 5) is 7.93. The van der Waals surface area contributed by atoms with Gasteiger partial charge in [-0.05, 0) is 37.1 Å². The molecule has 0 unspecified atom stereocenters. The Morgan fingerprint density at radius 2 is 2.42 bits per heavy atom. The van der Waals surface area contributed by atoms with Crippen molar-refractivity contribution < 1.29 is 0 Å². The molecule has 0 N–H and O–H groups in total. The van der Waals surface area contributed by atoms with Gasteiger partial charge in [0.15, 0.2) is 0 Å². The van der Waals surface area contributed by atoms with Gasteiger partial charge < -0.3 is 0 Å². The molecule has 0 atom stereocenters. The standard InChI is InChI=1S/C10H11N2/c1-11-7-10-5-4-9(6-12-10)8-2-3-8/h4-5,8H,1-3,7H2. The molecular formula is C10H11N2. The number of hydrogen-bond donors (Lipinski definition) is 0. The van der Waals surface area contributed by atoms with Gasteiger partial charge in [0.1, 0.15) is 0 Å². The van der Waals surface area contributed by atoms with Crippen molar-refractivity contribution in [3.8, 4) is 0 Å². The third kappa shape index (κ3) is 1.52. The lowest BCUT2D eigenvalue weighted by atomic mass is 10.2. The highest BCUT2D eigenvalue weighted by Gasteiger charge is 2.23. The summed E-state index contributed by atoms with van der Waals surface area (Å²) in [6.45, 7) is 4.02. The predicted molar refractivity (Wildman–Crippen MR) is 48.3 cm³/mol. The summed E-state index contributed by atoms with van der Waals surface area (Å²) >= 11 is 0. The highest BCUT2D eigenvalue weighted by Crippen LogP contribution is 2.39. The molecular weight excluding hydrogens is 148 g/mol. The minimum atomic E-state index is 0.599. The van der Waals surface area contributed by atoms with Crippen molar-refractivity contribution in [3.05, 3.63) is 29.6 Å². The second-order valence-electron chi connectivity index (χ2n) is 3.16. The van der Waals surface area contributed by atoms with Crippen LogP contribution in [0.3, 0.4) is 0 Å². The third-order valence-corrected chi connectivity index (χ3v) is 2.07. The van der Waals surface area contributed by atoms with Crippen LogP contribution in [0.25, 0.3) is 0 Å². The lowest BCUT2D eigenvalue weighted by Gasteiger charge is -1.97. The lowest BCUT2D eigenvalue weighted by molar-refractivity contribution is 0.970. The van der Waals surface area contributed by atoms with E-state index in [0.717, 1.165) is 11.6 Å². The number of aliphatic imine (C=N–C) groups is 1. The predicted octanol–water partition coefficient (Wildman–Crippen LogP) is 1.96. The quantitative estimate of drug-likeness (QED) is 0.619. The largest absolute Gasteiger partial charge is 0.295 e. The number of nitrogens with zero attached hydrogens (tertiary/aromatic N) is 2. The Morgan fingerprint density at radius 3 is 2.92 bits per heavy atom. The van der Waals surface area contributed by atoms with Gasteiger partial charge in [-0.15, -0.1) is 0 Å². The van der Waals surface area contributed by atoms with E-state index in [1.54, 1.807) is 0 Å². The van der Waals surface area contributed by atoms with E-state index in [0.29, 0.717) is 6.54 Å². The first-order chi connectivity index (χ1) is 5.90. The van der Waals surface area contributed by atoms with Crippen LogP contribution in [-0.2, 0) is 6.54 Å². The van der Waals surface area contributed by atoms with Gasteiger partial charge in [-0.2, -0.15) is 0 Å². The topological polar surface area (TPSA) is 25.2 Å². The molecule has 1 heterocycles. The second kappa shape index (κ2) is 3.05. The Balaban J connectivity index is 2.12. The molecule has 1 radical (unpaired) electrons. The third-order valence-electron chi connectivity index (χ3n) is 2.07. The molecule has 2 heteroatoms. The zero-order chi connectivity index (χ0) is 8.39. The van der Waals surface area contributed by atoms with Gasteiger partial charge in [-0.3, -0.25) is 4.99 Å². The van der Waals surface area contributed by atoms with Gasteiger partial charge in [0.25, 0.3) is 0 Å². The SMILES string of the molecule is C=NCc1ccc(C2CC2)[c]n1. The van der Waals surface area contributed by atoms with E-state index >= 15 is 0 Å². The van der Waals surface area contributed by atoms with E-state index in [1.165, 1.54) is 18.4 Å². The Labute approximate surface area is 72.4 Å². The molecule has 0 saturated heterocycles. The van der Waals surface area contributed by atoms with Crippen molar-refractivity contribution in [2.45, 2.75) is 25.3 Å². The molecule has 0 amide bonds. The van der Waals surface area contributed by atoms with Gasteiger partial charge in [-0.25, -0.2) is 4.98 Å². The summed E-state index contributed by atoms with van der Waals surface area (Å²) in [7, 11) is 0. The molecule has 0 spiro atoms. The molecule has 61 valence electrons. The highest BCUT2D eigenvalue weighted by molar-refractivity contribution is 5.25. The Bertz CT molecular complexity index is 272. The van der Waals surface area contributed by atoms with E-state index in [2.05, 4.69) is 29.0 Å². The van der Waals surface area contributed by atoms with Crippen molar-refractivity contribution in [2.75, 3.05) is 0 Å². The van der Waals surface area contributed by atoms with Crippen LogP contribution in [-0.4, -0.2) is 11.7 Å². The normalized spacial score (nSPS) is 16.0. The fourth-order valence-corrected chi connectivity index (χ4v) is 1.22. The van der Waals surface area contributed by atoms with E-state index < -0.39 is 0 Å². The lowest BCUT2D eigenvalue weighted by Crippen LogP contribution is -1.89. The van der Waals surface area contributed by atoms with Crippen LogP contribution < -0.4 is 0 Å². The maximum Gasteiger partial charge on any atom is 0.0928 e. The Morgan fingerprint density at radius 1 is 1.58 bits per heavy atom. The molecule has 2 nitrogen and oxygen atoms in total. The first kappa shape index (κ1) is 7.47. The van der Waals surface area contributed by atoms with Crippen LogP contribution in [0.2, 0.25) is 0 Å². The first-order valence-electron chi connectivity index (χ1n) is 4.20. The van der Waals surface area contributed by atoms with E-state index in [-0.39, 0.29) is 0 Å². The smallest absolute Gasteiger partial charge is 0.0928 e. The summed E-state index contributed by atoms with van der Waals surface area (Å²) in [6.07, 6.45) is 5.65. The number of rotatable bonds is 3. The monoisotopic (exact) mass is 159 g/mol. The minimum absolute atomic E-state index is 0.599. The average molecular weight is 159 g/mol. The first-order valence-corrected chi connectivity index (χ1v) is 4.20. The molecule has 1 aromatic rings. The number of aromatic nitrogens is 1. The maximum absolute atomic E-state index is 4.17. The zero-order valence-corrected chi connectivity index (χ0v) is 6.95. The van der Waals surface area contributed by atoms with Crippen LogP contribution in [0.5, 0.6) is 0 Å². The van der Waals surface area contributed by atoms with Crippen molar-refractivity contribution in [3.63, 3.8) is 0 Å². The second-order valence-corrected chi connectivity index (χ2v) is 3.16. The molecule has 12 heavy (non-hydrogen) atoms. The maximum atomic E-state index is 4.17. The summed E-state index contributed by atoms with van der Waals surface area (Å²) in [5, 5.41) is 0. The van der Waals surface area contributed by atoms with E-state index in [4.69, 9.17) is 0 Å². The highest BCUT2D eigenvalue weighted by atomic mass is 14.8. The van der Waals surface area contributed by atoms with Gasteiger partial charge in [0.2, 0.25) is 0 Å². The van der Waals surface area contributed by atoms with E-state index in [1.807, 2.05) is 6.07 Å². The molecule has 1 aliphatic rings.